The number of aliphatic hydroxyl groups excluding tert-OH is 6. The second-order valence-electron chi connectivity index (χ2n) is 4.26. The first-order valence-electron chi connectivity index (χ1n) is 8.16. The number of rotatable bonds is 13. The van der Waals surface area contributed by atoms with E-state index in [4.69, 9.17) is 35.7 Å². The van der Waals surface area contributed by atoms with Crippen LogP contribution in [0.25, 0.3) is 0 Å². The Hall–Kier alpha value is -1.15. The molecule has 0 atom stereocenters. The molecular formula is C16H36O11. The summed E-state index contributed by atoms with van der Waals surface area (Å²) in [5.41, 5.74) is 0.176. The fourth-order valence-corrected chi connectivity index (χ4v) is 0.693. The van der Waals surface area contributed by atoms with E-state index in [1.807, 2.05) is 0 Å². The summed E-state index contributed by atoms with van der Waals surface area (Å²) < 4.78 is 13.9. The number of carboxylic acid groups (broad SMARTS) is 1. The average Bonchev–Trinajstić information content (AvgIpc) is 2.65. The number of aliphatic hydroxyl groups is 6. The van der Waals surface area contributed by atoms with Gasteiger partial charge in [-0.25, -0.2) is 4.79 Å². The van der Waals surface area contributed by atoms with Gasteiger partial charge in [0, 0.05) is 5.57 Å². The molecule has 0 aromatic carbocycles. The number of carboxylic acids is 1. The Kier molecular flexibility index (Phi) is 44.4. The molecular weight excluding hydrogens is 368 g/mol. The van der Waals surface area contributed by atoms with Crippen LogP contribution in [0.1, 0.15) is 6.92 Å². The van der Waals surface area contributed by atoms with Crippen LogP contribution in [0.5, 0.6) is 0 Å². The van der Waals surface area contributed by atoms with Gasteiger partial charge in [0.2, 0.25) is 0 Å². The molecule has 0 bridgehead atoms. The molecule has 0 amide bonds. The Labute approximate surface area is 160 Å². The van der Waals surface area contributed by atoms with Crippen molar-refractivity contribution in [1.29, 1.82) is 0 Å². The lowest BCUT2D eigenvalue weighted by molar-refractivity contribution is -0.132. The first-order chi connectivity index (χ1) is 12.9. The van der Waals surface area contributed by atoms with Gasteiger partial charge in [-0.2, -0.15) is 0 Å². The van der Waals surface area contributed by atoms with E-state index >= 15 is 0 Å². The quantitative estimate of drug-likeness (QED) is 0.128. The summed E-state index contributed by atoms with van der Waals surface area (Å²) in [5.74, 6) is -0.935. The van der Waals surface area contributed by atoms with Crippen LogP contribution in [0, 0.1) is 0 Å². The van der Waals surface area contributed by atoms with E-state index in [0.29, 0.717) is 39.6 Å². The Morgan fingerprint density at radius 2 is 0.778 bits per heavy atom. The molecule has 0 radical (unpaired) electrons. The summed E-state index contributed by atoms with van der Waals surface area (Å²) in [6, 6.07) is 0. The summed E-state index contributed by atoms with van der Waals surface area (Å²) in [4.78, 5) is 9.60. The van der Waals surface area contributed by atoms with Crippen LogP contribution < -0.4 is 0 Å². The second kappa shape index (κ2) is 35.9. The van der Waals surface area contributed by atoms with Crippen LogP contribution in [0.15, 0.2) is 12.2 Å². The lowest BCUT2D eigenvalue weighted by Crippen LogP contribution is -2.03. The van der Waals surface area contributed by atoms with Crippen LogP contribution in [-0.4, -0.2) is 121 Å². The molecule has 0 spiro atoms. The lowest BCUT2D eigenvalue weighted by atomic mass is 10.4. The van der Waals surface area contributed by atoms with Crippen molar-refractivity contribution in [3.63, 3.8) is 0 Å². The molecule has 0 saturated heterocycles. The second-order valence-corrected chi connectivity index (χ2v) is 4.26. The van der Waals surface area contributed by atoms with Crippen molar-refractivity contribution in [2.75, 3.05) is 79.3 Å². The van der Waals surface area contributed by atoms with Crippen LogP contribution in [0.2, 0.25) is 0 Å². The zero-order valence-corrected chi connectivity index (χ0v) is 16.0. The SMILES string of the molecule is C=C(C)C(=O)O.OCCOCCO.OCCOCCO.OCCOCCO. The molecule has 166 valence electrons. The predicted molar refractivity (Wildman–Crippen MR) is 97.4 cm³/mol. The van der Waals surface area contributed by atoms with E-state index in [0.717, 1.165) is 0 Å². The number of ether oxygens (including phenoxy) is 3. The van der Waals surface area contributed by atoms with Crippen molar-refractivity contribution in [3.8, 4) is 0 Å². The van der Waals surface area contributed by atoms with Gasteiger partial charge in [0.25, 0.3) is 0 Å². The summed E-state index contributed by atoms with van der Waals surface area (Å²) in [7, 11) is 0. The van der Waals surface area contributed by atoms with Gasteiger partial charge in [-0.15, -0.1) is 0 Å². The molecule has 0 aliphatic rings. The first-order valence-corrected chi connectivity index (χ1v) is 8.16. The molecule has 7 N–H and O–H groups in total. The molecule has 0 aromatic rings. The third-order valence-corrected chi connectivity index (χ3v) is 1.78. The molecule has 0 heterocycles. The zero-order valence-electron chi connectivity index (χ0n) is 16.0. The smallest absolute Gasteiger partial charge is 0.330 e. The van der Waals surface area contributed by atoms with Crippen molar-refractivity contribution in [1.82, 2.24) is 0 Å². The van der Waals surface area contributed by atoms with E-state index < -0.39 is 5.97 Å². The molecule has 11 heteroatoms. The van der Waals surface area contributed by atoms with Gasteiger partial charge in [0.05, 0.1) is 79.3 Å². The highest BCUT2D eigenvalue weighted by molar-refractivity contribution is 5.84. The third-order valence-electron chi connectivity index (χ3n) is 1.78. The maximum Gasteiger partial charge on any atom is 0.330 e. The van der Waals surface area contributed by atoms with E-state index in [9.17, 15) is 4.79 Å². The van der Waals surface area contributed by atoms with Crippen LogP contribution in [0.3, 0.4) is 0 Å². The molecule has 0 aliphatic carbocycles. The summed E-state index contributed by atoms with van der Waals surface area (Å²) in [5, 5.41) is 56.4. The Bertz CT molecular complexity index is 227. The number of aliphatic carboxylic acids is 1. The van der Waals surface area contributed by atoms with Gasteiger partial charge < -0.3 is 50.0 Å². The molecule has 11 nitrogen and oxygen atoms in total. The molecule has 0 unspecified atom stereocenters. The maximum atomic E-state index is 9.60. The Morgan fingerprint density at radius 1 is 0.630 bits per heavy atom. The van der Waals surface area contributed by atoms with Crippen molar-refractivity contribution in [2.45, 2.75) is 6.92 Å². The topological polar surface area (TPSA) is 186 Å². The van der Waals surface area contributed by atoms with Crippen molar-refractivity contribution >= 4 is 5.97 Å². The van der Waals surface area contributed by atoms with E-state index in [1.54, 1.807) is 0 Å². The van der Waals surface area contributed by atoms with Gasteiger partial charge in [0.1, 0.15) is 0 Å². The minimum Gasteiger partial charge on any atom is -0.478 e. The summed E-state index contributed by atoms with van der Waals surface area (Å²) >= 11 is 0. The van der Waals surface area contributed by atoms with Gasteiger partial charge >= 0.3 is 5.97 Å². The fraction of sp³-hybridized carbons (Fsp3) is 0.812. The minimum atomic E-state index is -0.935. The maximum absolute atomic E-state index is 9.60. The minimum absolute atomic E-state index is 0.0278. The van der Waals surface area contributed by atoms with Crippen molar-refractivity contribution in [2.24, 2.45) is 0 Å². The largest absolute Gasteiger partial charge is 0.478 e. The molecule has 0 aromatic heterocycles. The molecule has 0 fully saturated rings. The first kappa shape index (κ1) is 33.4. The molecule has 0 aliphatic heterocycles. The van der Waals surface area contributed by atoms with E-state index in [1.165, 1.54) is 6.92 Å². The fourth-order valence-electron chi connectivity index (χ4n) is 0.693. The third kappa shape index (κ3) is 58.8. The van der Waals surface area contributed by atoms with Crippen LogP contribution in [0.4, 0.5) is 0 Å². The molecule has 27 heavy (non-hydrogen) atoms. The highest BCUT2D eigenvalue weighted by Gasteiger charge is 1.90. The highest BCUT2D eigenvalue weighted by Crippen LogP contribution is 1.81. The van der Waals surface area contributed by atoms with Crippen molar-refractivity contribution in [3.05, 3.63) is 12.2 Å². The van der Waals surface area contributed by atoms with Gasteiger partial charge in [-0.05, 0) is 6.92 Å². The van der Waals surface area contributed by atoms with Gasteiger partial charge in [0.15, 0.2) is 0 Å². The summed E-state index contributed by atoms with van der Waals surface area (Å²) in [6.45, 7) is 6.69. The number of hydrogen-bond donors (Lipinski definition) is 7. The Morgan fingerprint density at radius 3 is 0.852 bits per heavy atom. The highest BCUT2D eigenvalue weighted by atomic mass is 16.5. The number of hydrogen-bond acceptors (Lipinski definition) is 10. The zero-order chi connectivity index (χ0) is 21.8. The van der Waals surface area contributed by atoms with Gasteiger partial charge in [-0.1, -0.05) is 6.58 Å². The van der Waals surface area contributed by atoms with E-state index in [2.05, 4.69) is 20.8 Å². The van der Waals surface area contributed by atoms with Crippen LogP contribution >= 0.6 is 0 Å². The summed E-state index contributed by atoms with van der Waals surface area (Å²) in [6.07, 6.45) is 0. The normalized spacial score (nSPS) is 9.00. The molecule has 0 rings (SSSR count). The van der Waals surface area contributed by atoms with Gasteiger partial charge in [-0.3, -0.25) is 0 Å². The number of carbonyl (C=O) groups is 1. The van der Waals surface area contributed by atoms with E-state index in [-0.39, 0.29) is 45.2 Å². The molecule has 0 saturated carbocycles. The average molecular weight is 404 g/mol. The van der Waals surface area contributed by atoms with Crippen molar-refractivity contribution < 1.29 is 54.8 Å². The standard InChI is InChI=1S/3C4H10O3.C4H6O2/c3*5-1-3-7-4-2-6;1-3(2)4(5)6/h3*5-6H,1-4H2;1H2,2H3,(H,5,6). The predicted octanol–water partition coefficient (Wildman–Crippen LogP) is -2.39. The van der Waals surface area contributed by atoms with Crippen LogP contribution in [-0.2, 0) is 19.0 Å². The monoisotopic (exact) mass is 404 g/mol. The lowest BCUT2D eigenvalue weighted by Gasteiger charge is -1.94. The Balaban J connectivity index is -0.000000131.